The molecular formula is C15H18N2S. The Bertz CT molecular complexity index is 484. The van der Waals surface area contributed by atoms with E-state index in [9.17, 15) is 0 Å². The number of aromatic nitrogens is 1. The summed E-state index contributed by atoms with van der Waals surface area (Å²) in [5.74, 6) is 0. The van der Waals surface area contributed by atoms with Gasteiger partial charge in [-0.15, -0.1) is 11.3 Å². The third-order valence-electron chi connectivity index (χ3n) is 2.66. The van der Waals surface area contributed by atoms with Crippen molar-refractivity contribution in [2.24, 2.45) is 0 Å². The Balaban J connectivity index is 2.17. The van der Waals surface area contributed by atoms with Crippen molar-refractivity contribution in [1.29, 1.82) is 0 Å². The standard InChI is InChI=1S/C15H18N2S/c1-12(2)8-9-16-14(15-17-10-11-18-15)13-6-4-3-5-7-13/h3-8,10-11,14,16H,9H2,1-2H3. The Kier molecular flexibility index (Phi) is 4.67. The van der Waals surface area contributed by atoms with Gasteiger partial charge in [-0.1, -0.05) is 42.0 Å². The quantitative estimate of drug-likeness (QED) is 0.825. The van der Waals surface area contributed by atoms with E-state index in [1.165, 1.54) is 11.1 Å². The summed E-state index contributed by atoms with van der Waals surface area (Å²) in [6.07, 6.45) is 4.06. The Morgan fingerprint density at radius 2 is 2.11 bits per heavy atom. The van der Waals surface area contributed by atoms with Crippen molar-refractivity contribution < 1.29 is 0 Å². The van der Waals surface area contributed by atoms with E-state index in [1.807, 2.05) is 17.6 Å². The fourth-order valence-corrected chi connectivity index (χ4v) is 2.49. The van der Waals surface area contributed by atoms with Crippen molar-refractivity contribution in [3.05, 3.63) is 64.1 Å². The highest BCUT2D eigenvalue weighted by Gasteiger charge is 2.14. The van der Waals surface area contributed by atoms with Gasteiger partial charge in [0.25, 0.3) is 0 Å². The van der Waals surface area contributed by atoms with Crippen molar-refractivity contribution in [3.63, 3.8) is 0 Å². The van der Waals surface area contributed by atoms with E-state index in [1.54, 1.807) is 11.3 Å². The summed E-state index contributed by atoms with van der Waals surface area (Å²) in [4.78, 5) is 4.43. The van der Waals surface area contributed by atoms with Gasteiger partial charge >= 0.3 is 0 Å². The molecule has 1 aromatic carbocycles. The van der Waals surface area contributed by atoms with Crippen LogP contribution in [0.4, 0.5) is 0 Å². The lowest BCUT2D eigenvalue weighted by molar-refractivity contribution is 0.647. The fourth-order valence-electron chi connectivity index (χ4n) is 1.75. The van der Waals surface area contributed by atoms with Crippen molar-refractivity contribution in [2.75, 3.05) is 6.54 Å². The molecule has 0 spiro atoms. The van der Waals surface area contributed by atoms with Crippen LogP contribution in [-0.4, -0.2) is 11.5 Å². The number of hydrogen-bond acceptors (Lipinski definition) is 3. The van der Waals surface area contributed by atoms with E-state index >= 15 is 0 Å². The van der Waals surface area contributed by atoms with Crippen LogP contribution in [0.1, 0.15) is 30.5 Å². The zero-order chi connectivity index (χ0) is 12.8. The maximum atomic E-state index is 4.43. The molecule has 1 aromatic heterocycles. The number of nitrogens with one attached hydrogen (secondary N) is 1. The smallest absolute Gasteiger partial charge is 0.114 e. The minimum Gasteiger partial charge on any atom is -0.301 e. The third-order valence-corrected chi connectivity index (χ3v) is 3.50. The highest BCUT2D eigenvalue weighted by Crippen LogP contribution is 2.23. The highest BCUT2D eigenvalue weighted by molar-refractivity contribution is 7.09. The number of hydrogen-bond donors (Lipinski definition) is 1. The van der Waals surface area contributed by atoms with Crippen LogP contribution in [0.2, 0.25) is 0 Å². The summed E-state index contributed by atoms with van der Waals surface area (Å²) in [6.45, 7) is 5.09. The van der Waals surface area contributed by atoms with Gasteiger partial charge in [0.15, 0.2) is 0 Å². The van der Waals surface area contributed by atoms with Crippen LogP contribution in [0.15, 0.2) is 53.6 Å². The molecule has 3 heteroatoms. The van der Waals surface area contributed by atoms with Gasteiger partial charge in [-0.2, -0.15) is 0 Å². The number of benzene rings is 1. The minimum absolute atomic E-state index is 0.182. The minimum atomic E-state index is 0.182. The normalized spacial score (nSPS) is 12.1. The van der Waals surface area contributed by atoms with Crippen molar-refractivity contribution in [2.45, 2.75) is 19.9 Å². The van der Waals surface area contributed by atoms with Crippen LogP contribution in [0.3, 0.4) is 0 Å². The molecule has 0 aliphatic rings. The van der Waals surface area contributed by atoms with Crippen molar-refractivity contribution in [3.8, 4) is 0 Å². The fraction of sp³-hybridized carbons (Fsp3) is 0.267. The van der Waals surface area contributed by atoms with E-state index in [0.29, 0.717) is 0 Å². The lowest BCUT2D eigenvalue weighted by Crippen LogP contribution is -2.22. The monoisotopic (exact) mass is 258 g/mol. The van der Waals surface area contributed by atoms with E-state index in [2.05, 4.69) is 54.5 Å². The lowest BCUT2D eigenvalue weighted by Gasteiger charge is -2.16. The Morgan fingerprint density at radius 3 is 2.72 bits per heavy atom. The molecule has 1 atom stereocenters. The van der Waals surface area contributed by atoms with Gasteiger partial charge in [-0.25, -0.2) is 4.98 Å². The summed E-state index contributed by atoms with van der Waals surface area (Å²) in [5, 5.41) is 6.68. The maximum Gasteiger partial charge on any atom is 0.114 e. The molecule has 0 amide bonds. The SMILES string of the molecule is CC(C)=CCNC(c1ccccc1)c1nccs1. The summed E-state index contributed by atoms with van der Waals surface area (Å²) >= 11 is 1.69. The van der Waals surface area contributed by atoms with Gasteiger partial charge in [0.05, 0.1) is 6.04 Å². The molecule has 1 unspecified atom stereocenters. The van der Waals surface area contributed by atoms with Crippen LogP contribution in [0.5, 0.6) is 0 Å². The van der Waals surface area contributed by atoms with Gasteiger partial charge in [0.1, 0.15) is 5.01 Å². The first-order valence-electron chi connectivity index (χ1n) is 6.08. The molecule has 2 aromatic rings. The van der Waals surface area contributed by atoms with E-state index in [0.717, 1.165) is 11.6 Å². The van der Waals surface area contributed by atoms with E-state index in [-0.39, 0.29) is 6.04 Å². The predicted molar refractivity (Wildman–Crippen MR) is 77.8 cm³/mol. The van der Waals surface area contributed by atoms with Gasteiger partial charge in [0.2, 0.25) is 0 Å². The summed E-state index contributed by atoms with van der Waals surface area (Å²) in [5.41, 5.74) is 2.59. The lowest BCUT2D eigenvalue weighted by atomic mass is 10.1. The zero-order valence-corrected chi connectivity index (χ0v) is 11.6. The number of rotatable bonds is 5. The second-order valence-electron chi connectivity index (χ2n) is 4.40. The predicted octanol–water partition coefficient (Wildman–Crippen LogP) is 3.79. The molecule has 0 fully saturated rings. The molecule has 18 heavy (non-hydrogen) atoms. The molecule has 1 N–H and O–H groups in total. The van der Waals surface area contributed by atoms with Crippen LogP contribution in [0.25, 0.3) is 0 Å². The molecular weight excluding hydrogens is 240 g/mol. The summed E-state index contributed by atoms with van der Waals surface area (Å²) < 4.78 is 0. The molecule has 0 radical (unpaired) electrons. The number of allylic oxidation sites excluding steroid dienone is 1. The Labute approximate surface area is 112 Å². The molecule has 2 nitrogen and oxygen atoms in total. The average Bonchev–Trinajstić information content (AvgIpc) is 2.89. The van der Waals surface area contributed by atoms with Gasteiger partial charge < -0.3 is 5.32 Å². The van der Waals surface area contributed by atoms with Crippen LogP contribution in [-0.2, 0) is 0 Å². The number of thiazole rings is 1. The molecule has 0 aliphatic carbocycles. The summed E-state index contributed by atoms with van der Waals surface area (Å²) in [7, 11) is 0. The molecule has 0 saturated heterocycles. The van der Waals surface area contributed by atoms with Gasteiger partial charge in [0, 0.05) is 18.1 Å². The topological polar surface area (TPSA) is 24.9 Å². The molecule has 94 valence electrons. The second-order valence-corrected chi connectivity index (χ2v) is 5.33. The first kappa shape index (κ1) is 13.0. The first-order valence-corrected chi connectivity index (χ1v) is 6.96. The van der Waals surface area contributed by atoms with Crippen LogP contribution in [0, 0.1) is 0 Å². The average molecular weight is 258 g/mol. The van der Waals surface area contributed by atoms with E-state index < -0.39 is 0 Å². The van der Waals surface area contributed by atoms with Crippen molar-refractivity contribution in [1.82, 2.24) is 10.3 Å². The molecule has 0 saturated carbocycles. The number of nitrogens with zero attached hydrogens (tertiary/aromatic N) is 1. The third kappa shape index (κ3) is 3.52. The Hall–Kier alpha value is -1.45. The maximum absolute atomic E-state index is 4.43. The van der Waals surface area contributed by atoms with Crippen LogP contribution < -0.4 is 5.32 Å². The second kappa shape index (κ2) is 6.47. The van der Waals surface area contributed by atoms with Crippen molar-refractivity contribution >= 4 is 11.3 Å². The van der Waals surface area contributed by atoms with Crippen LogP contribution >= 0.6 is 11.3 Å². The molecule has 1 heterocycles. The molecule has 2 rings (SSSR count). The Morgan fingerprint density at radius 1 is 1.33 bits per heavy atom. The molecule has 0 bridgehead atoms. The van der Waals surface area contributed by atoms with Gasteiger partial charge in [-0.05, 0) is 19.4 Å². The highest BCUT2D eigenvalue weighted by atomic mass is 32.1. The zero-order valence-electron chi connectivity index (χ0n) is 10.8. The van der Waals surface area contributed by atoms with Gasteiger partial charge in [-0.3, -0.25) is 0 Å². The van der Waals surface area contributed by atoms with E-state index in [4.69, 9.17) is 0 Å². The molecule has 0 aliphatic heterocycles. The summed E-state index contributed by atoms with van der Waals surface area (Å²) in [6, 6.07) is 10.6. The first-order chi connectivity index (χ1) is 8.77. The largest absolute Gasteiger partial charge is 0.301 e.